The standard InChI is InChI=1S/C17H18N2S/c1-12-9-13(7-8-19-12)16(18-2)10-14-11-20-17-6-4-3-5-15(14)17/h3-9,11,16,18H,10H2,1-2H3. The van der Waals surface area contributed by atoms with Gasteiger partial charge in [-0.1, -0.05) is 18.2 Å². The van der Waals surface area contributed by atoms with Gasteiger partial charge in [-0.3, -0.25) is 4.98 Å². The van der Waals surface area contributed by atoms with Crippen molar-refractivity contribution in [3.63, 3.8) is 0 Å². The van der Waals surface area contributed by atoms with Crippen LogP contribution in [0.2, 0.25) is 0 Å². The van der Waals surface area contributed by atoms with Crippen LogP contribution in [0.1, 0.15) is 22.9 Å². The summed E-state index contributed by atoms with van der Waals surface area (Å²) in [7, 11) is 2.02. The monoisotopic (exact) mass is 282 g/mol. The molecule has 20 heavy (non-hydrogen) atoms. The number of thiophene rings is 1. The topological polar surface area (TPSA) is 24.9 Å². The van der Waals surface area contributed by atoms with Crippen molar-refractivity contribution in [1.82, 2.24) is 10.3 Å². The Hall–Kier alpha value is -1.71. The summed E-state index contributed by atoms with van der Waals surface area (Å²) in [5.41, 5.74) is 3.78. The summed E-state index contributed by atoms with van der Waals surface area (Å²) in [5, 5.41) is 7.08. The molecule has 0 fully saturated rings. The quantitative estimate of drug-likeness (QED) is 0.779. The van der Waals surface area contributed by atoms with Crippen molar-refractivity contribution >= 4 is 21.4 Å². The number of rotatable bonds is 4. The average molecular weight is 282 g/mol. The van der Waals surface area contributed by atoms with E-state index in [0.29, 0.717) is 6.04 Å². The second-order valence-corrected chi connectivity index (χ2v) is 5.94. The minimum atomic E-state index is 0.328. The fraction of sp³-hybridized carbons (Fsp3) is 0.235. The smallest absolute Gasteiger partial charge is 0.0375 e. The van der Waals surface area contributed by atoms with Gasteiger partial charge in [0.05, 0.1) is 0 Å². The lowest BCUT2D eigenvalue weighted by Gasteiger charge is -2.16. The second kappa shape index (κ2) is 5.73. The SMILES string of the molecule is CNC(Cc1csc2ccccc12)c1ccnc(C)c1. The number of hydrogen-bond acceptors (Lipinski definition) is 3. The van der Waals surface area contributed by atoms with Crippen molar-refractivity contribution in [2.45, 2.75) is 19.4 Å². The third-order valence-corrected chi connectivity index (χ3v) is 4.67. The molecule has 0 radical (unpaired) electrons. The van der Waals surface area contributed by atoms with Crippen LogP contribution in [0.5, 0.6) is 0 Å². The number of likely N-dealkylation sites (N-methyl/N-ethyl adjacent to an activating group) is 1. The Morgan fingerprint density at radius 3 is 2.90 bits per heavy atom. The largest absolute Gasteiger partial charge is 0.313 e. The summed E-state index contributed by atoms with van der Waals surface area (Å²) in [6, 6.07) is 13.2. The minimum Gasteiger partial charge on any atom is -0.313 e. The molecular weight excluding hydrogens is 264 g/mol. The molecule has 2 aromatic heterocycles. The molecule has 0 aliphatic heterocycles. The van der Waals surface area contributed by atoms with Gasteiger partial charge in [-0.05, 0) is 60.5 Å². The number of benzene rings is 1. The average Bonchev–Trinajstić information content (AvgIpc) is 2.88. The van der Waals surface area contributed by atoms with Crippen molar-refractivity contribution in [3.05, 3.63) is 64.8 Å². The van der Waals surface area contributed by atoms with E-state index in [1.54, 1.807) is 0 Å². The zero-order valence-corrected chi connectivity index (χ0v) is 12.6. The van der Waals surface area contributed by atoms with Crippen LogP contribution in [0.15, 0.2) is 48.0 Å². The Balaban J connectivity index is 1.92. The molecule has 3 heteroatoms. The Kier molecular flexibility index (Phi) is 3.81. The highest BCUT2D eigenvalue weighted by atomic mass is 32.1. The highest BCUT2D eigenvalue weighted by Crippen LogP contribution is 2.29. The molecule has 1 unspecified atom stereocenters. The number of hydrogen-bond donors (Lipinski definition) is 1. The number of nitrogens with one attached hydrogen (secondary N) is 1. The Labute approximate surface area is 123 Å². The predicted octanol–water partition coefficient (Wildman–Crippen LogP) is 4.11. The molecule has 0 saturated carbocycles. The van der Waals surface area contributed by atoms with Gasteiger partial charge in [-0.2, -0.15) is 0 Å². The van der Waals surface area contributed by atoms with Crippen LogP contribution in [0.3, 0.4) is 0 Å². The first kappa shape index (κ1) is 13.3. The molecule has 1 atom stereocenters. The number of fused-ring (bicyclic) bond motifs is 1. The van der Waals surface area contributed by atoms with Crippen molar-refractivity contribution in [2.75, 3.05) is 7.05 Å². The molecule has 1 aromatic carbocycles. The van der Waals surface area contributed by atoms with Gasteiger partial charge in [-0.25, -0.2) is 0 Å². The molecule has 0 aliphatic rings. The van der Waals surface area contributed by atoms with Crippen LogP contribution < -0.4 is 5.32 Å². The fourth-order valence-electron chi connectivity index (χ4n) is 2.58. The number of aromatic nitrogens is 1. The van der Waals surface area contributed by atoms with E-state index in [2.05, 4.69) is 52.1 Å². The lowest BCUT2D eigenvalue weighted by Crippen LogP contribution is -2.18. The highest BCUT2D eigenvalue weighted by Gasteiger charge is 2.13. The molecule has 2 nitrogen and oxygen atoms in total. The van der Waals surface area contributed by atoms with Crippen molar-refractivity contribution in [2.24, 2.45) is 0 Å². The maximum atomic E-state index is 4.28. The Bertz CT molecular complexity index is 718. The van der Waals surface area contributed by atoms with Crippen molar-refractivity contribution in [3.8, 4) is 0 Å². The molecule has 2 heterocycles. The molecule has 3 rings (SSSR count). The van der Waals surface area contributed by atoms with Gasteiger partial charge in [-0.15, -0.1) is 11.3 Å². The highest BCUT2D eigenvalue weighted by molar-refractivity contribution is 7.17. The summed E-state index contributed by atoms with van der Waals surface area (Å²) >= 11 is 1.82. The van der Waals surface area contributed by atoms with Crippen LogP contribution in [-0.4, -0.2) is 12.0 Å². The lowest BCUT2D eigenvalue weighted by atomic mass is 9.99. The third kappa shape index (κ3) is 2.60. The summed E-state index contributed by atoms with van der Waals surface area (Å²) in [6.07, 6.45) is 2.89. The maximum absolute atomic E-state index is 4.28. The first-order chi connectivity index (χ1) is 9.78. The first-order valence-corrected chi connectivity index (χ1v) is 7.71. The molecule has 0 saturated heterocycles. The molecule has 0 aliphatic carbocycles. The summed E-state index contributed by atoms with van der Waals surface area (Å²) in [5.74, 6) is 0. The zero-order valence-electron chi connectivity index (χ0n) is 11.8. The Morgan fingerprint density at radius 2 is 2.10 bits per heavy atom. The zero-order chi connectivity index (χ0) is 13.9. The van der Waals surface area contributed by atoms with Gasteiger partial charge in [0.1, 0.15) is 0 Å². The molecule has 0 amide bonds. The minimum absolute atomic E-state index is 0.328. The van der Waals surface area contributed by atoms with Gasteiger partial charge >= 0.3 is 0 Å². The van der Waals surface area contributed by atoms with Crippen molar-refractivity contribution in [1.29, 1.82) is 0 Å². The molecule has 102 valence electrons. The predicted molar refractivity (Wildman–Crippen MR) is 86.3 cm³/mol. The molecule has 0 bridgehead atoms. The number of pyridine rings is 1. The van der Waals surface area contributed by atoms with E-state index in [9.17, 15) is 0 Å². The third-order valence-electron chi connectivity index (χ3n) is 3.66. The normalized spacial score (nSPS) is 12.7. The van der Waals surface area contributed by atoms with Gasteiger partial charge < -0.3 is 5.32 Å². The van der Waals surface area contributed by atoms with E-state index >= 15 is 0 Å². The Morgan fingerprint density at radius 1 is 1.25 bits per heavy atom. The molecule has 0 spiro atoms. The van der Waals surface area contributed by atoms with E-state index in [-0.39, 0.29) is 0 Å². The second-order valence-electron chi connectivity index (χ2n) is 5.03. The van der Waals surface area contributed by atoms with E-state index in [0.717, 1.165) is 12.1 Å². The van der Waals surface area contributed by atoms with Crippen LogP contribution in [0.4, 0.5) is 0 Å². The van der Waals surface area contributed by atoms with Crippen LogP contribution in [-0.2, 0) is 6.42 Å². The molecule has 1 N–H and O–H groups in total. The van der Waals surface area contributed by atoms with Crippen LogP contribution in [0, 0.1) is 6.92 Å². The van der Waals surface area contributed by atoms with Crippen LogP contribution in [0.25, 0.3) is 10.1 Å². The lowest BCUT2D eigenvalue weighted by molar-refractivity contribution is 0.593. The maximum Gasteiger partial charge on any atom is 0.0375 e. The number of aryl methyl sites for hydroxylation is 1. The fourth-order valence-corrected chi connectivity index (χ4v) is 3.56. The number of nitrogens with zero attached hydrogens (tertiary/aromatic N) is 1. The summed E-state index contributed by atoms with van der Waals surface area (Å²) in [6.45, 7) is 2.04. The van der Waals surface area contributed by atoms with Gasteiger partial charge in [0.15, 0.2) is 0 Å². The molecular formula is C17H18N2S. The summed E-state index contributed by atoms with van der Waals surface area (Å²) < 4.78 is 1.36. The van der Waals surface area contributed by atoms with Gasteiger partial charge in [0, 0.05) is 22.6 Å². The van der Waals surface area contributed by atoms with Crippen LogP contribution >= 0.6 is 11.3 Å². The van der Waals surface area contributed by atoms with Gasteiger partial charge in [0.25, 0.3) is 0 Å². The van der Waals surface area contributed by atoms with E-state index in [4.69, 9.17) is 0 Å². The van der Waals surface area contributed by atoms with E-state index in [1.807, 2.05) is 31.5 Å². The van der Waals surface area contributed by atoms with Crippen molar-refractivity contribution < 1.29 is 0 Å². The van der Waals surface area contributed by atoms with E-state index in [1.165, 1.54) is 21.2 Å². The first-order valence-electron chi connectivity index (χ1n) is 6.83. The van der Waals surface area contributed by atoms with E-state index < -0.39 is 0 Å². The van der Waals surface area contributed by atoms with Gasteiger partial charge in [0.2, 0.25) is 0 Å². The summed E-state index contributed by atoms with van der Waals surface area (Å²) in [4.78, 5) is 4.28. The molecule has 3 aromatic rings.